The highest BCUT2D eigenvalue weighted by atomic mass is 35.5. The van der Waals surface area contributed by atoms with Crippen LogP contribution in [0.1, 0.15) is 166 Å². The van der Waals surface area contributed by atoms with Crippen LogP contribution in [0.5, 0.6) is 0 Å². The summed E-state index contributed by atoms with van der Waals surface area (Å²) in [6.07, 6.45) is 36.5. The Morgan fingerprint density at radius 1 is 0.389 bits per heavy atom. The Labute approximate surface area is 772 Å². The fourth-order valence-corrected chi connectivity index (χ4v) is 18.7. The zero-order valence-corrected chi connectivity index (χ0v) is 74.4. The van der Waals surface area contributed by atoms with Gasteiger partial charge in [-0.1, -0.05) is 19.0 Å². The van der Waals surface area contributed by atoms with Gasteiger partial charge in [0.25, 0.3) is 29.5 Å². The van der Waals surface area contributed by atoms with Gasteiger partial charge in [-0.3, -0.25) is 58.9 Å². The van der Waals surface area contributed by atoms with Gasteiger partial charge in [0.05, 0.1) is 135 Å². The molecule has 2 fully saturated rings. The van der Waals surface area contributed by atoms with Crippen LogP contribution in [-0.4, -0.2) is 200 Å². The zero-order valence-electron chi connectivity index (χ0n) is 68.7. The van der Waals surface area contributed by atoms with Gasteiger partial charge < -0.3 is 71.1 Å². The quantitative estimate of drug-likeness (QED) is 0.0301. The van der Waals surface area contributed by atoms with Gasteiger partial charge in [-0.2, -0.15) is 0 Å². The summed E-state index contributed by atoms with van der Waals surface area (Å²) < 4.78 is 3.22. The number of halogens is 1. The molecule has 0 atom stereocenters. The van der Waals surface area contributed by atoms with Crippen molar-refractivity contribution in [2.75, 3.05) is 62.6 Å². The molecule has 670 valence electrons. The van der Waals surface area contributed by atoms with Gasteiger partial charge in [-0.25, -0.2) is 68.8 Å². The molecule has 2 aliphatic rings. The summed E-state index contributed by atoms with van der Waals surface area (Å²) in [6.45, 7) is 9.12. The van der Waals surface area contributed by atoms with Crippen molar-refractivity contribution in [3.63, 3.8) is 0 Å². The molecule has 2 aliphatic heterocycles. The smallest absolute Gasteiger partial charge is 0.339 e. The second-order valence-corrected chi connectivity index (χ2v) is 33.4. The minimum Gasteiger partial charge on any atom is -0.478 e. The molecule has 17 heterocycles. The average Bonchev–Trinajstić information content (AvgIpc) is 1.69. The highest BCUT2D eigenvalue weighted by molar-refractivity contribution is 7.16. The largest absolute Gasteiger partial charge is 0.478 e. The minimum atomic E-state index is -1.16. The predicted octanol–water partition coefficient (Wildman–Crippen LogP) is 15.1. The van der Waals surface area contributed by atoms with Crippen LogP contribution in [-0.2, 0) is 14.1 Å². The average molecular weight is 1900 g/mol. The Kier molecular flexibility index (Phi) is 31.9. The SMILES string of the molecule is C.Cc1nc(N2CCCCC2)ncc1-c1scc(NC(=O)c2cnccn2)c1C(=O)O.Cc1nc(N2CCCCC2)ncc1-c1scc(NC(=O)c2cncnc2)c1C(=O)O.Cc1ncsc1C(=O)Nc1csc(-c2cnccn2)c1C(=O)O.Cn1ccc(C(=O)Nc2csc(-c3cnccn3)c2C(=O)O)c1Cl.Cn1cnc(C(=O)Nc2csc(-c3cnccn3)c2C(=O)O)c1. The number of rotatable bonds is 22. The maximum atomic E-state index is 12.4. The summed E-state index contributed by atoms with van der Waals surface area (Å²) in [4.78, 5) is 193. The maximum Gasteiger partial charge on any atom is 0.339 e. The van der Waals surface area contributed by atoms with E-state index in [1.807, 2.05) is 13.8 Å². The third-order valence-electron chi connectivity index (χ3n) is 19.1. The number of aryl methyl sites for hydroxylation is 5. The van der Waals surface area contributed by atoms with E-state index in [9.17, 15) is 73.5 Å². The molecule has 2 saturated heterocycles. The van der Waals surface area contributed by atoms with Crippen molar-refractivity contribution < 1.29 is 73.5 Å². The van der Waals surface area contributed by atoms with Crippen molar-refractivity contribution >= 4 is 179 Å². The van der Waals surface area contributed by atoms with Gasteiger partial charge in [0.2, 0.25) is 11.9 Å². The second kappa shape index (κ2) is 44.0. The number of nitrogens with one attached hydrogen (secondary N) is 5. The maximum absolute atomic E-state index is 12.4. The standard InChI is InChI=1S/2C20H20N6O3S.C15H11ClN4O3S.C14H11N5O3S.C14H10N4O3S2.CH4/c1-12-13(9-23-20(24-12)26-7-3-2-4-8-26)17-16(19(28)29)15(11-30-17)25-18(27)14-10-21-5-6-22-14;1-12-14(9-23-20(24-12)26-5-3-2-4-6-26)17-16(19(28)29)15(10-30-17)25-18(27)13-7-21-11-22-8-13;1-20-5-2-8(13(20)16)14(21)19-10-7-24-12(11(10)15(22)23)9-6-17-3-4-18-9;1-19-5-9(17-7-19)13(20)18-10-6-23-12(11(10)14(21)22)8-4-15-2-3-16-8;1-7-11(23-6-17-7)13(19)18-9-5-22-12(10(9)14(20)21)8-4-15-2-3-16-8;/h5-6,9-11H,2-4,7-8H2,1H3,(H,25,27)(H,28,29);7-11H,2-6H2,1H3,(H,25,27)(H,28,29);2-7H,1H3,(H,19,21)(H,22,23);2-7H,1H3,(H,18,20)(H,21,22);2-6H,1H3,(H,18,19)(H,20,21);1H4. The second-order valence-electron chi connectivity index (χ2n) is 27.8. The number of carboxylic acid groups (broad SMARTS) is 5. The van der Waals surface area contributed by atoms with Crippen molar-refractivity contribution in [3.05, 3.63) is 240 Å². The topological polar surface area (TPSA) is 555 Å². The van der Waals surface area contributed by atoms with E-state index in [1.165, 1.54) is 180 Å². The van der Waals surface area contributed by atoms with Crippen LogP contribution in [0, 0.1) is 20.8 Å². The molecule has 17 rings (SSSR count). The van der Waals surface area contributed by atoms with Gasteiger partial charge >= 0.3 is 29.8 Å². The molecule has 5 amide bonds. The number of aromatic nitrogens is 18. The van der Waals surface area contributed by atoms with Crippen LogP contribution in [0.2, 0.25) is 5.15 Å². The van der Waals surface area contributed by atoms with Gasteiger partial charge in [0, 0.05) is 165 Å². The lowest BCUT2D eigenvalue weighted by Crippen LogP contribution is -2.31. The molecule has 10 N–H and O–H groups in total. The summed E-state index contributed by atoms with van der Waals surface area (Å²) in [5.74, 6) is -6.72. The number of anilines is 7. The van der Waals surface area contributed by atoms with E-state index < -0.39 is 53.5 Å². The molecule has 0 saturated carbocycles. The third-order valence-corrected chi connectivity index (χ3v) is 25.5. The Hall–Kier alpha value is -15.2. The lowest BCUT2D eigenvalue weighted by atomic mass is 10.1. The first-order valence-electron chi connectivity index (χ1n) is 38.7. The number of piperidine rings is 2. The highest BCUT2D eigenvalue weighted by Gasteiger charge is 2.31. The number of hydrogen-bond acceptors (Lipinski definition) is 34. The van der Waals surface area contributed by atoms with Crippen molar-refractivity contribution in [2.45, 2.75) is 66.7 Å². The first-order chi connectivity index (χ1) is 62.7. The number of thiazole rings is 1. The molecule has 0 spiro atoms. The van der Waals surface area contributed by atoms with Gasteiger partial charge in [-0.05, 0) is 65.4 Å². The van der Waals surface area contributed by atoms with E-state index in [0.29, 0.717) is 86.5 Å². The predicted molar refractivity (Wildman–Crippen MR) is 494 cm³/mol. The van der Waals surface area contributed by atoms with Crippen LogP contribution in [0.3, 0.4) is 0 Å². The fraction of sp³-hybridized carbons (Fsp3) is 0.190. The van der Waals surface area contributed by atoms with Crippen molar-refractivity contribution in [1.29, 1.82) is 0 Å². The number of nitrogens with zero attached hydrogens (tertiary/aromatic N) is 20. The Morgan fingerprint density at radius 2 is 0.771 bits per heavy atom. The van der Waals surface area contributed by atoms with E-state index in [-0.39, 0.29) is 97.3 Å². The molecule has 40 nitrogen and oxygen atoms in total. The lowest BCUT2D eigenvalue weighted by Gasteiger charge is -2.26. The molecule has 0 aromatic carbocycles. The third kappa shape index (κ3) is 23.0. The van der Waals surface area contributed by atoms with E-state index in [0.717, 1.165) is 51.9 Å². The van der Waals surface area contributed by atoms with E-state index in [1.54, 1.807) is 93.4 Å². The molecule has 0 aliphatic carbocycles. The first-order valence-corrected chi connectivity index (χ1v) is 44.3. The molecule has 15 aromatic rings. The van der Waals surface area contributed by atoms with E-state index >= 15 is 0 Å². The molecule has 131 heavy (non-hydrogen) atoms. The number of imidazole rings is 1. The molecule has 15 aromatic heterocycles. The fourth-order valence-electron chi connectivity index (χ4n) is 12.9. The van der Waals surface area contributed by atoms with E-state index in [4.69, 9.17) is 11.6 Å². The molecular weight excluding hydrogens is 1830 g/mol. The number of aromatic carboxylic acids is 5. The number of amides is 5. The number of carbonyl (C=O) groups is 10. The number of hydrogen-bond donors (Lipinski definition) is 10. The molecular formula is C84H76ClN25O15S6. The monoisotopic (exact) mass is 1900 g/mol. The van der Waals surface area contributed by atoms with Crippen molar-refractivity contribution in [2.24, 2.45) is 14.1 Å². The van der Waals surface area contributed by atoms with Crippen LogP contribution in [0.4, 0.5) is 40.3 Å². The van der Waals surface area contributed by atoms with Crippen LogP contribution < -0.4 is 36.4 Å². The zero-order chi connectivity index (χ0) is 92.2. The Morgan fingerprint density at radius 3 is 1.12 bits per heavy atom. The summed E-state index contributed by atoms with van der Waals surface area (Å²) in [7, 11) is 3.45. The molecule has 0 bridgehead atoms. The van der Waals surface area contributed by atoms with Crippen LogP contribution in [0.15, 0.2) is 163 Å². The first kappa shape index (κ1) is 94.9. The lowest BCUT2D eigenvalue weighted by molar-refractivity contribution is 0.0688. The summed E-state index contributed by atoms with van der Waals surface area (Å²) in [6, 6.07) is 1.56. The van der Waals surface area contributed by atoms with E-state index in [2.05, 4.69) is 116 Å². The number of thiophene rings is 5. The van der Waals surface area contributed by atoms with Crippen molar-refractivity contribution in [1.82, 2.24) is 88.9 Å². The number of carbonyl (C=O) groups excluding carboxylic acids is 5. The summed E-state index contributed by atoms with van der Waals surface area (Å²) in [5.41, 5.74) is 8.03. The van der Waals surface area contributed by atoms with Gasteiger partial charge in [0.1, 0.15) is 55.6 Å². The Bertz CT molecular complexity index is 6490. The van der Waals surface area contributed by atoms with Crippen LogP contribution in [0.25, 0.3) is 52.6 Å². The normalized spacial score (nSPS) is 12.0. The summed E-state index contributed by atoms with van der Waals surface area (Å²) in [5, 5.41) is 69.4. The summed E-state index contributed by atoms with van der Waals surface area (Å²) >= 11 is 13.2. The van der Waals surface area contributed by atoms with Crippen LogP contribution >= 0.6 is 79.6 Å². The van der Waals surface area contributed by atoms with Gasteiger partial charge in [0.15, 0.2) is 0 Å². The highest BCUT2D eigenvalue weighted by Crippen LogP contribution is 2.42. The minimum absolute atomic E-state index is 0. The molecule has 0 radical (unpaired) electrons. The molecule has 47 heteroatoms. The van der Waals surface area contributed by atoms with Crippen molar-refractivity contribution in [3.8, 4) is 52.6 Å². The van der Waals surface area contributed by atoms with Gasteiger partial charge in [-0.15, -0.1) is 68.0 Å². The Balaban J connectivity index is 0.000000148. The number of carboxylic acids is 5. The molecule has 0 unspecified atom stereocenters.